The van der Waals surface area contributed by atoms with Gasteiger partial charge in [0.15, 0.2) is 0 Å². The summed E-state index contributed by atoms with van der Waals surface area (Å²) >= 11 is 5.75. The van der Waals surface area contributed by atoms with Crippen LogP contribution in [0.5, 0.6) is 0 Å². The van der Waals surface area contributed by atoms with Gasteiger partial charge in [0.2, 0.25) is 5.91 Å². The lowest BCUT2D eigenvalue weighted by molar-refractivity contribution is -0.385. The first-order valence-electron chi connectivity index (χ1n) is 6.54. The van der Waals surface area contributed by atoms with Gasteiger partial charge in [-0.3, -0.25) is 30.6 Å². The third kappa shape index (κ3) is 4.52. The molecule has 0 fully saturated rings. The fourth-order valence-corrected chi connectivity index (χ4v) is 1.98. The molecule has 0 aliphatic carbocycles. The van der Waals surface area contributed by atoms with Crippen LogP contribution in [0.15, 0.2) is 48.5 Å². The summed E-state index contributed by atoms with van der Waals surface area (Å²) in [5.74, 6) is -1.22. The molecule has 0 heterocycles. The molecule has 2 rings (SSSR count). The van der Waals surface area contributed by atoms with Crippen molar-refractivity contribution in [1.29, 1.82) is 0 Å². The second-order valence-corrected chi connectivity index (χ2v) is 5.02. The molecular weight excluding hydrogens is 322 g/mol. The van der Waals surface area contributed by atoms with Crippen LogP contribution in [0.25, 0.3) is 0 Å². The van der Waals surface area contributed by atoms with Crippen LogP contribution in [0, 0.1) is 10.1 Å². The number of carbonyl (C=O) groups is 2. The number of nitro benzene ring substituents is 1. The van der Waals surface area contributed by atoms with Crippen LogP contribution in [-0.4, -0.2) is 16.7 Å². The highest BCUT2D eigenvalue weighted by Crippen LogP contribution is 2.17. The highest BCUT2D eigenvalue weighted by molar-refractivity contribution is 6.30. The Kier molecular flexibility index (Phi) is 5.27. The van der Waals surface area contributed by atoms with Crippen molar-refractivity contribution in [2.24, 2.45) is 0 Å². The Hall–Kier alpha value is -2.93. The molecule has 0 saturated heterocycles. The minimum atomic E-state index is -0.762. The Morgan fingerprint density at radius 1 is 1.04 bits per heavy atom. The zero-order valence-electron chi connectivity index (χ0n) is 11.8. The molecule has 23 heavy (non-hydrogen) atoms. The van der Waals surface area contributed by atoms with Crippen molar-refractivity contribution < 1.29 is 14.5 Å². The number of nitro groups is 1. The molecule has 0 saturated carbocycles. The summed E-state index contributed by atoms with van der Waals surface area (Å²) in [5, 5.41) is 11.4. The predicted octanol–water partition coefficient (Wildman–Crippen LogP) is 2.25. The van der Waals surface area contributed by atoms with Gasteiger partial charge in [-0.25, -0.2) is 0 Å². The van der Waals surface area contributed by atoms with E-state index >= 15 is 0 Å². The van der Waals surface area contributed by atoms with E-state index < -0.39 is 16.7 Å². The zero-order valence-corrected chi connectivity index (χ0v) is 12.5. The number of benzene rings is 2. The first-order valence-corrected chi connectivity index (χ1v) is 6.92. The number of carbonyl (C=O) groups excluding carboxylic acids is 2. The Morgan fingerprint density at radius 2 is 1.70 bits per heavy atom. The number of amides is 2. The summed E-state index contributed by atoms with van der Waals surface area (Å²) in [6.45, 7) is 0. The van der Waals surface area contributed by atoms with Gasteiger partial charge >= 0.3 is 0 Å². The summed E-state index contributed by atoms with van der Waals surface area (Å²) in [6, 6.07) is 12.1. The fourth-order valence-electron chi connectivity index (χ4n) is 1.85. The minimum absolute atomic E-state index is 0.0360. The second kappa shape index (κ2) is 7.37. The Labute approximate surface area is 136 Å². The Balaban J connectivity index is 1.95. The van der Waals surface area contributed by atoms with Crippen molar-refractivity contribution in [2.45, 2.75) is 6.42 Å². The first-order chi connectivity index (χ1) is 11.0. The molecule has 8 heteroatoms. The van der Waals surface area contributed by atoms with Crippen LogP contribution >= 0.6 is 11.6 Å². The van der Waals surface area contributed by atoms with Gasteiger partial charge in [-0.1, -0.05) is 35.9 Å². The maximum absolute atomic E-state index is 11.9. The number of hydrogen-bond acceptors (Lipinski definition) is 4. The molecule has 2 amide bonds. The number of hydrogen-bond donors (Lipinski definition) is 2. The third-order valence-corrected chi connectivity index (χ3v) is 3.19. The van der Waals surface area contributed by atoms with E-state index in [2.05, 4.69) is 10.9 Å². The zero-order chi connectivity index (χ0) is 16.8. The molecule has 7 nitrogen and oxygen atoms in total. The van der Waals surface area contributed by atoms with Crippen LogP contribution in [0.1, 0.15) is 15.9 Å². The number of rotatable bonds is 4. The van der Waals surface area contributed by atoms with E-state index in [4.69, 9.17) is 11.6 Å². The Morgan fingerprint density at radius 3 is 2.35 bits per heavy atom. The van der Waals surface area contributed by atoms with Crippen molar-refractivity contribution in [3.63, 3.8) is 0 Å². The van der Waals surface area contributed by atoms with Crippen molar-refractivity contribution >= 4 is 29.1 Å². The lowest BCUT2D eigenvalue weighted by Crippen LogP contribution is -2.42. The smallest absolute Gasteiger partial charge is 0.273 e. The van der Waals surface area contributed by atoms with Crippen LogP contribution in [0.3, 0.4) is 0 Å². The molecule has 0 atom stereocenters. The van der Waals surface area contributed by atoms with Crippen LogP contribution in [0.4, 0.5) is 5.69 Å². The normalized spacial score (nSPS) is 9.96. The van der Waals surface area contributed by atoms with E-state index in [0.29, 0.717) is 10.6 Å². The van der Waals surface area contributed by atoms with E-state index in [-0.39, 0.29) is 17.7 Å². The maximum Gasteiger partial charge on any atom is 0.282 e. The minimum Gasteiger partial charge on any atom is -0.273 e. The molecule has 2 aromatic rings. The average Bonchev–Trinajstić information content (AvgIpc) is 2.54. The number of hydrazine groups is 1. The molecule has 0 spiro atoms. The van der Waals surface area contributed by atoms with E-state index in [9.17, 15) is 19.7 Å². The van der Waals surface area contributed by atoms with Crippen LogP contribution < -0.4 is 10.9 Å². The van der Waals surface area contributed by atoms with Gasteiger partial charge in [0.25, 0.3) is 11.6 Å². The maximum atomic E-state index is 11.9. The Bertz CT molecular complexity index is 747. The van der Waals surface area contributed by atoms with E-state index in [1.807, 2.05) is 0 Å². The fraction of sp³-hybridized carbons (Fsp3) is 0.0667. The number of nitrogens with zero attached hydrogens (tertiary/aromatic N) is 1. The molecule has 2 aromatic carbocycles. The molecule has 0 aliphatic rings. The average molecular weight is 334 g/mol. The van der Waals surface area contributed by atoms with Gasteiger partial charge in [-0.15, -0.1) is 0 Å². The number of para-hydroxylation sites is 1. The van der Waals surface area contributed by atoms with E-state index in [0.717, 1.165) is 0 Å². The molecule has 0 unspecified atom stereocenters. The summed E-state index contributed by atoms with van der Waals surface area (Å²) in [7, 11) is 0. The number of nitrogens with one attached hydrogen (secondary N) is 2. The van der Waals surface area contributed by atoms with Crippen LogP contribution in [0.2, 0.25) is 5.02 Å². The van der Waals surface area contributed by atoms with Crippen molar-refractivity contribution in [3.8, 4) is 0 Å². The summed E-state index contributed by atoms with van der Waals surface area (Å²) in [4.78, 5) is 33.9. The summed E-state index contributed by atoms with van der Waals surface area (Å²) < 4.78 is 0. The van der Waals surface area contributed by atoms with Crippen molar-refractivity contribution in [1.82, 2.24) is 10.9 Å². The molecule has 0 radical (unpaired) electrons. The summed E-state index contributed by atoms with van der Waals surface area (Å²) in [6.07, 6.45) is 0.0360. The molecular formula is C15H12ClN3O4. The quantitative estimate of drug-likeness (QED) is 0.661. The highest BCUT2D eigenvalue weighted by atomic mass is 35.5. The second-order valence-electron chi connectivity index (χ2n) is 4.58. The monoisotopic (exact) mass is 333 g/mol. The van der Waals surface area contributed by atoms with Crippen molar-refractivity contribution in [3.05, 3.63) is 74.8 Å². The van der Waals surface area contributed by atoms with Gasteiger partial charge in [0.1, 0.15) is 5.56 Å². The lowest BCUT2D eigenvalue weighted by atomic mass is 10.1. The van der Waals surface area contributed by atoms with Crippen molar-refractivity contribution in [2.75, 3.05) is 0 Å². The van der Waals surface area contributed by atoms with Crippen LogP contribution in [-0.2, 0) is 11.2 Å². The molecule has 0 aliphatic heterocycles. The molecule has 0 bridgehead atoms. The molecule has 118 valence electrons. The van der Waals surface area contributed by atoms with Gasteiger partial charge in [0.05, 0.1) is 11.3 Å². The van der Waals surface area contributed by atoms with E-state index in [1.165, 1.54) is 24.3 Å². The topological polar surface area (TPSA) is 101 Å². The largest absolute Gasteiger partial charge is 0.282 e. The standard InChI is InChI=1S/C15H12ClN3O4/c16-11-7-5-10(6-8-11)9-14(20)17-18-15(21)12-3-1-2-4-13(12)19(22)23/h1-8H,9H2,(H,17,20)(H,18,21). The summed E-state index contributed by atoms with van der Waals surface area (Å²) in [5.41, 5.74) is 4.62. The third-order valence-electron chi connectivity index (χ3n) is 2.94. The van der Waals surface area contributed by atoms with E-state index in [1.54, 1.807) is 24.3 Å². The lowest BCUT2D eigenvalue weighted by Gasteiger charge is -2.08. The van der Waals surface area contributed by atoms with Gasteiger partial charge in [-0.2, -0.15) is 0 Å². The molecule has 0 aromatic heterocycles. The van der Waals surface area contributed by atoms with Gasteiger partial charge < -0.3 is 0 Å². The molecule has 2 N–H and O–H groups in total. The SMILES string of the molecule is O=C(Cc1ccc(Cl)cc1)NNC(=O)c1ccccc1[N+](=O)[O-]. The predicted molar refractivity (Wildman–Crippen MR) is 83.9 cm³/mol. The first kappa shape index (κ1) is 16.4. The van der Waals surface area contributed by atoms with Gasteiger partial charge in [0, 0.05) is 11.1 Å². The number of halogens is 1. The van der Waals surface area contributed by atoms with Gasteiger partial charge in [-0.05, 0) is 23.8 Å². The highest BCUT2D eigenvalue weighted by Gasteiger charge is 2.19.